The van der Waals surface area contributed by atoms with E-state index in [9.17, 15) is 4.79 Å². The van der Waals surface area contributed by atoms with Gasteiger partial charge in [-0.15, -0.1) is 0 Å². The SMILES string of the molecule is O=C(n1ccc(-c2ccccn2)n1)n1ccc(-c2ccccn2)n1. The van der Waals surface area contributed by atoms with Gasteiger partial charge < -0.3 is 0 Å². The summed E-state index contributed by atoms with van der Waals surface area (Å²) in [5.74, 6) is 0. The Morgan fingerprint density at radius 1 is 0.667 bits per heavy atom. The zero-order chi connectivity index (χ0) is 16.4. The van der Waals surface area contributed by atoms with E-state index >= 15 is 0 Å². The molecule has 0 spiro atoms. The van der Waals surface area contributed by atoms with Crippen LogP contribution in [0.15, 0.2) is 73.3 Å². The molecule has 7 heteroatoms. The lowest BCUT2D eigenvalue weighted by Gasteiger charge is -2.00. The van der Waals surface area contributed by atoms with Crippen molar-refractivity contribution in [3.63, 3.8) is 0 Å². The van der Waals surface area contributed by atoms with Crippen molar-refractivity contribution in [2.45, 2.75) is 0 Å². The van der Waals surface area contributed by atoms with E-state index < -0.39 is 0 Å². The zero-order valence-electron chi connectivity index (χ0n) is 12.5. The van der Waals surface area contributed by atoms with E-state index in [0.717, 1.165) is 0 Å². The van der Waals surface area contributed by atoms with Crippen molar-refractivity contribution < 1.29 is 4.79 Å². The number of hydrogen-bond acceptors (Lipinski definition) is 5. The lowest BCUT2D eigenvalue weighted by atomic mass is 10.3. The monoisotopic (exact) mass is 316 g/mol. The molecule has 4 aromatic rings. The second-order valence-electron chi connectivity index (χ2n) is 5.00. The van der Waals surface area contributed by atoms with Crippen molar-refractivity contribution >= 4 is 6.03 Å². The third-order valence-corrected chi connectivity index (χ3v) is 3.42. The maximum Gasteiger partial charge on any atom is 0.369 e. The second-order valence-corrected chi connectivity index (χ2v) is 5.00. The molecule has 0 fully saturated rings. The first-order chi connectivity index (χ1) is 11.8. The van der Waals surface area contributed by atoms with Crippen molar-refractivity contribution in [1.82, 2.24) is 29.5 Å². The Balaban J connectivity index is 1.61. The molecule has 0 aliphatic rings. The van der Waals surface area contributed by atoms with Crippen LogP contribution in [-0.2, 0) is 0 Å². The van der Waals surface area contributed by atoms with Gasteiger partial charge in [0, 0.05) is 24.8 Å². The quantitative estimate of drug-likeness (QED) is 0.568. The van der Waals surface area contributed by atoms with E-state index in [2.05, 4.69) is 20.2 Å². The zero-order valence-corrected chi connectivity index (χ0v) is 12.5. The van der Waals surface area contributed by atoms with Crippen LogP contribution in [-0.4, -0.2) is 35.6 Å². The van der Waals surface area contributed by atoms with Gasteiger partial charge in [0.1, 0.15) is 11.4 Å². The molecule has 7 nitrogen and oxygen atoms in total. The van der Waals surface area contributed by atoms with Gasteiger partial charge >= 0.3 is 6.03 Å². The lowest BCUT2D eigenvalue weighted by Crippen LogP contribution is -2.20. The largest absolute Gasteiger partial charge is 0.369 e. The summed E-state index contributed by atoms with van der Waals surface area (Å²) in [6.07, 6.45) is 6.55. The van der Waals surface area contributed by atoms with Gasteiger partial charge in [-0.3, -0.25) is 9.97 Å². The molecule has 0 radical (unpaired) electrons. The van der Waals surface area contributed by atoms with E-state index in [0.29, 0.717) is 22.8 Å². The molecule has 0 aliphatic carbocycles. The van der Waals surface area contributed by atoms with Crippen LogP contribution >= 0.6 is 0 Å². The molecule has 4 aromatic heterocycles. The normalized spacial score (nSPS) is 10.7. The van der Waals surface area contributed by atoms with Crippen LogP contribution < -0.4 is 0 Å². The average molecular weight is 316 g/mol. The van der Waals surface area contributed by atoms with Crippen LogP contribution in [0.5, 0.6) is 0 Å². The number of nitrogens with zero attached hydrogens (tertiary/aromatic N) is 6. The van der Waals surface area contributed by atoms with Crippen molar-refractivity contribution in [2.24, 2.45) is 0 Å². The first-order valence-electron chi connectivity index (χ1n) is 7.30. The van der Waals surface area contributed by atoms with E-state index in [1.165, 1.54) is 9.36 Å². The summed E-state index contributed by atoms with van der Waals surface area (Å²) in [4.78, 5) is 20.9. The third-order valence-electron chi connectivity index (χ3n) is 3.42. The minimum Gasteiger partial charge on any atom is -0.255 e. The van der Waals surface area contributed by atoms with Crippen LogP contribution in [0.3, 0.4) is 0 Å². The van der Waals surface area contributed by atoms with E-state index in [1.54, 1.807) is 36.9 Å². The molecule has 0 atom stereocenters. The molecule has 4 rings (SSSR count). The summed E-state index contributed by atoms with van der Waals surface area (Å²) in [7, 11) is 0. The highest BCUT2D eigenvalue weighted by Gasteiger charge is 2.13. The predicted molar refractivity (Wildman–Crippen MR) is 87.1 cm³/mol. The molecule has 116 valence electrons. The standard InChI is InChI=1S/C17H12N6O/c24-17(22-11-7-15(20-22)13-5-1-3-9-18-13)23-12-8-16(21-23)14-6-2-4-10-19-14/h1-12H. The van der Waals surface area contributed by atoms with Crippen molar-refractivity contribution in [3.05, 3.63) is 73.3 Å². The fraction of sp³-hybridized carbons (Fsp3) is 0. The number of aromatic nitrogens is 6. The smallest absolute Gasteiger partial charge is 0.255 e. The highest BCUT2D eigenvalue weighted by molar-refractivity contribution is 5.78. The number of pyridine rings is 2. The van der Waals surface area contributed by atoms with Crippen molar-refractivity contribution in [2.75, 3.05) is 0 Å². The number of rotatable bonds is 2. The molecule has 4 heterocycles. The van der Waals surface area contributed by atoms with Gasteiger partial charge in [-0.25, -0.2) is 4.79 Å². The first kappa shape index (κ1) is 14.0. The van der Waals surface area contributed by atoms with Gasteiger partial charge in [-0.1, -0.05) is 12.1 Å². The van der Waals surface area contributed by atoms with Crippen LogP contribution in [0.4, 0.5) is 4.79 Å². The first-order valence-corrected chi connectivity index (χ1v) is 7.30. The topological polar surface area (TPSA) is 78.5 Å². The van der Waals surface area contributed by atoms with E-state index in [-0.39, 0.29) is 6.03 Å². The average Bonchev–Trinajstić information content (AvgIpc) is 3.33. The number of hydrogen-bond donors (Lipinski definition) is 0. The Hall–Kier alpha value is -3.61. The van der Waals surface area contributed by atoms with E-state index in [4.69, 9.17) is 0 Å². The molecule has 0 N–H and O–H groups in total. The molecule has 0 aromatic carbocycles. The van der Waals surface area contributed by atoms with Crippen LogP contribution in [0.25, 0.3) is 22.8 Å². The van der Waals surface area contributed by atoms with Gasteiger partial charge in [-0.2, -0.15) is 19.6 Å². The van der Waals surface area contributed by atoms with Gasteiger partial charge in [0.25, 0.3) is 0 Å². The minimum atomic E-state index is -0.376. The second kappa shape index (κ2) is 5.88. The number of carbonyl (C=O) groups excluding carboxylic acids is 1. The molecule has 0 saturated carbocycles. The van der Waals surface area contributed by atoms with Crippen LogP contribution in [0.1, 0.15) is 0 Å². The van der Waals surface area contributed by atoms with Crippen LogP contribution in [0, 0.1) is 0 Å². The fourth-order valence-corrected chi connectivity index (χ4v) is 2.27. The summed E-state index contributed by atoms with van der Waals surface area (Å²) in [6.45, 7) is 0. The Labute approximate surface area is 137 Å². The Morgan fingerprint density at radius 3 is 1.58 bits per heavy atom. The summed E-state index contributed by atoms with van der Waals surface area (Å²) in [6, 6.07) is 14.2. The molecule has 0 amide bonds. The van der Waals surface area contributed by atoms with E-state index in [1.807, 2.05) is 36.4 Å². The van der Waals surface area contributed by atoms with Gasteiger partial charge in [0.05, 0.1) is 11.4 Å². The molecule has 0 bridgehead atoms. The van der Waals surface area contributed by atoms with Crippen molar-refractivity contribution in [1.29, 1.82) is 0 Å². The summed E-state index contributed by atoms with van der Waals surface area (Å²) in [5, 5.41) is 8.53. The van der Waals surface area contributed by atoms with Crippen LogP contribution in [0.2, 0.25) is 0 Å². The summed E-state index contributed by atoms with van der Waals surface area (Å²) >= 11 is 0. The molecule has 0 aliphatic heterocycles. The Bertz CT molecular complexity index is 895. The lowest BCUT2D eigenvalue weighted by molar-refractivity contribution is 0.238. The van der Waals surface area contributed by atoms with Gasteiger partial charge in [0.2, 0.25) is 0 Å². The van der Waals surface area contributed by atoms with Crippen molar-refractivity contribution in [3.8, 4) is 22.8 Å². The van der Waals surface area contributed by atoms with Gasteiger partial charge in [-0.05, 0) is 36.4 Å². The fourth-order valence-electron chi connectivity index (χ4n) is 2.27. The van der Waals surface area contributed by atoms with Gasteiger partial charge in [0.15, 0.2) is 0 Å². The summed E-state index contributed by atoms with van der Waals surface area (Å²) < 4.78 is 2.47. The maximum absolute atomic E-state index is 12.5. The highest BCUT2D eigenvalue weighted by Crippen LogP contribution is 2.15. The minimum absolute atomic E-state index is 0.376. The molecule has 0 saturated heterocycles. The Kier molecular flexibility index (Phi) is 3.43. The molecular weight excluding hydrogens is 304 g/mol. The Morgan fingerprint density at radius 2 is 1.17 bits per heavy atom. The highest BCUT2D eigenvalue weighted by atomic mass is 16.2. The predicted octanol–water partition coefficient (Wildman–Crippen LogP) is 2.72. The maximum atomic E-state index is 12.5. The molecule has 24 heavy (non-hydrogen) atoms. The molecule has 0 unspecified atom stereocenters. The number of carbonyl (C=O) groups is 1. The molecular formula is C17H12N6O. The summed E-state index contributed by atoms with van der Waals surface area (Å²) in [5.41, 5.74) is 2.67. The third kappa shape index (κ3) is 2.58.